The number of aryl methyl sites for hydroxylation is 1. The number of rotatable bonds is 3. The number of nitrogens with two attached hydrogens (primary N) is 1. The molecule has 0 radical (unpaired) electrons. The standard InChI is InChI=1S/C16H22N4O/c1-3-12-7-9-16(17,10-8-12)15-19-14(21-20-15)13-6-4-5-11(2)18-13/h4-6,12H,3,7-10,17H2,1-2H3. The van der Waals surface area contributed by atoms with Crippen LogP contribution in [0.3, 0.4) is 0 Å². The molecule has 0 atom stereocenters. The summed E-state index contributed by atoms with van der Waals surface area (Å²) in [6.45, 7) is 4.18. The lowest BCUT2D eigenvalue weighted by molar-refractivity contribution is 0.216. The van der Waals surface area contributed by atoms with Crippen molar-refractivity contribution in [2.45, 2.75) is 51.5 Å². The highest BCUT2D eigenvalue weighted by Crippen LogP contribution is 2.37. The molecular formula is C16H22N4O. The summed E-state index contributed by atoms with van der Waals surface area (Å²) in [6, 6.07) is 5.75. The van der Waals surface area contributed by atoms with Crippen molar-refractivity contribution < 1.29 is 4.52 Å². The van der Waals surface area contributed by atoms with Gasteiger partial charge >= 0.3 is 0 Å². The number of aromatic nitrogens is 3. The fourth-order valence-electron chi connectivity index (χ4n) is 3.02. The summed E-state index contributed by atoms with van der Waals surface area (Å²) in [5, 5.41) is 4.12. The van der Waals surface area contributed by atoms with Gasteiger partial charge in [-0.15, -0.1) is 0 Å². The first kappa shape index (κ1) is 14.2. The molecule has 1 aliphatic carbocycles. The van der Waals surface area contributed by atoms with Crippen molar-refractivity contribution in [3.05, 3.63) is 29.7 Å². The molecule has 3 rings (SSSR count). The van der Waals surface area contributed by atoms with Gasteiger partial charge in [-0.25, -0.2) is 4.98 Å². The first-order chi connectivity index (χ1) is 10.1. The van der Waals surface area contributed by atoms with Gasteiger partial charge in [0.05, 0.1) is 5.54 Å². The maximum absolute atomic E-state index is 6.51. The van der Waals surface area contributed by atoms with Crippen molar-refractivity contribution >= 4 is 0 Å². The van der Waals surface area contributed by atoms with Crippen molar-refractivity contribution in [2.24, 2.45) is 11.7 Å². The summed E-state index contributed by atoms with van der Waals surface area (Å²) in [5.41, 5.74) is 7.70. The van der Waals surface area contributed by atoms with E-state index in [1.807, 2.05) is 25.1 Å². The van der Waals surface area contributed by atoms with Gasteiger partial charge in [0.15, 0.2) is 5.82 Å². The lowest BCUT2D eigenvalue weighted by Crippen LogP contribution is -2.41. The first-order valence-electron chi connectivity index (χ1n) is 7.68. The average Bonchev–Trinajstić information content (AvgIpc) is 2.99. The van der Waals surface area contributed by atoms with Crippen molar-refractivity contribution in [3.8, 4) is 11.6 Å². The van der Waals surface area contributed by atoms with Gasteiger partial charge in [-0.1, -0.05) is 24.6 Å². The molecule has 2 heterocycles. The minimum atomic E-state index is -0.447. The minimum absolute atomic E-state index is 0.447. The average molecular weight is 286 g/mol. The molecule has 5 nitrogen and oxygen atoms in total. The van der Waals surface area contributed by atoms with Gasteiger partial charge in [0, 0.05) is 5.69 Å². The molecule has 112 valence electrons. The van der Waals surface area contributed by atoms with Crippen LogP contribution in [0.25, 0.3) is 11.6 Å². The van der Waals surface area contributed by atoms with E-state index in [1.165, 1.54) is 6.42 Å². The predicted octanol–water partition coefficient (Wildman–Crippen LogP) is 3.19. The Morgan fingerprint density at radius 2 is 2.05 bits per heavy atom. The third-order valence-electron chi connectivity index (χ3n) is 4.55. The van der Waals surface area contributed by atoms with Gasteiger partial charge in [0.25, 0.3) is 5.89 Å². The summed E-state index contributed by atoms with van der Waals surface area (Å²) in [7, 11) is 0. The van der Waals surface area contributed by atoms with Crippen LogP contribution in [-0.2, 0) is 5.54 Å². The van der Waals surface area contributed by atoms with Crippen LogP contribution in [0.15, 0.2) is 22.7 Å². The quantitative estimate of drug-likeness (QED) is 0.937. The van der Waals surface area contributed by atoms with E-state index in [4.69, 9.17) is 10.3 Å². The molecule has 2 aromatic rings. The summed E-state index contributed by atoms with van der Waals surface area (Å²) >= 11 is 0. The highest BCUT2D eigenvalue weighted by molar-refractivity contribution is 5.46. The second kappa shape index (κ2) is 5.56. The summed E-state index contributed by atoms with van der Waals surface area (Å²) in [5.74, 6) is 1.86. The van der Waals surface area contributed by atoms with Crippen LogP contribution in [0.4, 0.5) is 0 Å². The van der Waals surface area contributed by atoms with E-state index in [0.29, 0.717) is 17.4 Å². The number of pyridine rings is 1. The Balaban J connectivity index is 1.82. The maximum atomic E-state index is 6.51. The molecule has 1 aliphatic rings. The molecule has 0 spiro atoms. The van der Waals surface area contributed by atoms with Crippen LogP contribution in [0.2, 0.25) is 0 Å². The molecule has 2 aromatic heterocycles. The molecular weight excluding hydrogens is 264 g/mol. The number of nitrogens with zero attached hydrogens (tertiary/aromatic N) is 3. The van der Waals surface area contributed by atoms with Gasteiger partial charge in [0.2, 0.25) is 0 Å². The highest BCUT2D eigenvalue weighted by Gasteiger charge is 2.37. The van der Waals surface area contributed by atoms with Crippen molar-refractivity contribution in [3.63, 3.8) is 0 Å². The van der Waals surface area contributed by atoms with Crippen molar-refractivity contribution in [1.29, 1.82) is 0 Å². The molecule has 1 fully saturated rings. The topological polar surface area (TPSA) is 77.8 Å². The normalized spacial score (nSPS) is 26.0. The van der Waals surface area contributed by atoms with Gasteiger partial charge in [-0.05, 0) is 50.7 Å². The van der Waals surface area contributed by atoms with Crippen molar-refractivity contribution in [1.82, 2.24) is 15.1 Å². The van der Waals surface area contributed by atoms with Crippen molar-refractivity contribution in [2.75, 3.05) is 0 Å². The van der Waals surface area contributed by atoms with Gasteiger partial charge < -0.3 is 10.3 Å². The Morgan fingerprint density at radius 1 is 1.29 bits per heavy atom. The highest BCUT2D eigenvalue weighted by atomic mass is 16.5. The van der Waals surface area contributed by atoms with Gasteiger partial charge in [-0.2, -0.15) is 4.98 Å². The van der Waals surface area contributed by atoms with Crippen LogP contribution in [0.5, 0.6) is 0 Å². The molecule has 5 heteroatoms. The smallest absolute Gasteiger partial charge is 0.276 e. The molecule has 21 heavy (non-hydrogen) atoms. The predicted molar refractivity (Wildman–Crippen MR) is 80.4 cm³/mol. The van der Waals surface area contributed by atoms with Crippen LogP contribution >= 0.6 is 0 Å². The van der Waals surface area contributed by atoms with Gasteiger partial charge in [-0.3, -0.25) is 0 Å². The van der Waals surface area contributed by atoms with Crippen LogP contribution < -0.4 is 5.73 Å². The molecule has 2 N–H and O–H groups in total. The lowest BCUT2D eigenvalue weighted by atomic mass is 9.76. The van der Waals surface area contributed by atoms with E-state index >= 15 is 0 Å². The van der Waals surface area contributed by atoms with Gasteiger partial charge in [0.1, 0.15) is 5.69 Å². The Labute approximate surface area is 125 Å². The molecule has 0 amide bonds. The molecule has 0 saturated heterocycles. The number of hydrogen-bond donors (Lipinski definition) is 1. The summed E-state index contributed by atoms with van der Waals surface area (Å²) in [4.78, 5) is 8.92. The monoisotopic (exact) mass is 286 g/mol. The second-order valence-corrected chi connectivity index (χ2v) is 6.10. The fourth-order valence-corrected chi connectivity index (χ4v) is 3.02. The van der Waals surface area contributed by atoms with E-state index in [9.17, 15) is 0 Å². The Hall–Kier alpha value is -1.75. The Bertz CT molecular complexity index is 614. The molecule has 0 aromatic carbocycles. The van der Waals surface area contributed by atoms with E-state index < -0.39 is 5.54 Å². The van der Waals surface area contributed by atoms with E-state index in [1.54, 1.807) is 0 Å². The third-order valence-corrected chi connectivity index (χ3v) is 4.55. The lowest BCUT2D eigenvalue weighted by Gasteiger charge is -2.34. The van der Waals surface area contributed by atoms with E-state index in [2.05, 4.69) is 22.0 Å². The summed E-state index contributed by atoms with van der Waals surface area (Å²) < 4.78 is 5.37. The number of hydrogen-bond acceptors (Lipinski definition) is 5. The van der Waals surface area contributed by atoms with E-state index in [-0.39, 0.29) is 0 Å². The largest absolute Gasteiger partial charge is 0.332 e. The maximum Gasteiger partial charge on any atom is 0.276 e. The van der Waals surface area contributed by atoms with Crippen LogP contribution in [0.1, 0.15) is 50.5 Å². The Kier molecular flexibility index (Phi) is 3.76. The second-order valence-electron chi connectivity index (χ2n) is 6.10. The third kappa shape index (κ3) is 2.83. The molecule has 0 bridgehead atoms. The zero-order valence-corrected chi connectivity index (χ0v) is 12.7. The SMILES string of the molecule is CCC1CCC(N)(c2noc(-c3cccc(C)n3)n2)CC1. The molecule has 0 aliphatic heterocycles. The fraction of sp³-hybridized carbons (Fsp3) is 0.562. The minimum Gasteiger partial charge on any atom is -0.332 e. The van der Waals surface area contributed by atoms with Crippen LogP contribution in [0, 0.1) is 12.8 Å². The Morgan fingerprint density at radius 3 is 2.71 bits per heavy atom. The first-order valence-corrected chi connectivity index (χ1v) is 7.68. The summed E-state index contributed by atoms with van der Waals surface area (Å²) in [6.07, 6.45) is 5.34. The zero-order chi connectivity index (χ0) is 14.9. The van der Waals surface area contributed by atoms with E-state index in [0.717, 1.165) is 37.3 Å². The molecule has 0 unspecified atom stereocenters. The molecule has 1 saturated carbocycles. The van der Waals surface area contributed by atoms with Crippen LogP contribution in [-0.4, -0.2) is 15.1 Å². The zero-order valence-electron chi connectivity index (χ0n) is 12.7.